The van der Waals surface area contributed by atoms with Crippen LogP contribution in [0.15, 0.2) is 60.7 Å². The lowest BCUT2D eigenvalue weighted by Gasteiger charge is -2.18. The van der Waals surface area contributed by atoms with Crippen LogP contribution >= 0.6 is 0 Å². The molecular formula is C23H19F3N4O4. The predicted octanol–water partition coefficient (Wildman–Crippen LogP) is 4.14. The van der Waals surface area contributed by atoms with E-state index < -0.39 is 12.1 Å². The van der Waals surface area contributed by atoms with Gasteiger partial charge in [-0.2, -0.15) is 18.4 Å². The number of rotatable bonds is 4. The molecule has 0 aliphatic carbocycles. The van der Waals surface area contributed by atoms with Gasteiger partial charge in [0.25, 0.3) is 5.91 Å². The first-order valence-electron chi connectivity index (χ1n) is 9.96. The first-order valence-corrected chi connectivity index (χ1v) is 9.96. The lowest BCUT2D eigenvalue weighted by atomic mass is 10.2. The number of carboxylic acid groups (broad SMARTS) is 1. The van der Waals surface area contributed by atoms with Crippen molar-refractivity contribution < 1.29 is 32.6 Å². The second kappa shape index (κ2) is 10.5. The number of nitrogens with one attached hydrogen (secondary N) is 2. The van der Waals surface area contributed by atoms with Crippen LogP contribution in [0.1, 0.15) is 21.7 Å². The first kappa shape index (κ1) is 24.3. The molecule has 0 saturated heterocycles. The van der Waals surface area contributed by atoms with Crippen LogP contribution in [-0.2, 0) is 17.9 Å². The number of benzene rings is 2. The summed E-state index contributed by atoms with van der Waals surface area (Å²) in [6, 6.07) is 20.1. The van der Waals surface area contributed by atoms with Crippen LogP contribution in [0.5, 0.6) is 11.5 Å². The minimum atomic E-state index is -5.08. The third kappa shape index (κ3) is 6.14. The number of nitriles is 1. The van der Waals surface area contributed by atoms with E-state index >= 15 is 0 Å². The molecule has 2 heterocycles. The predicted molar refractivity (Wildman–Crippen MR) is 115 cm³/mol. The molecule has 0 atom stereocenters. The fourth-order valence-electron chi connectivity index (χ4n) is 3.11. The Morgan fingerprint density at radius 2 is 1.76 bits per heavy atom. The molecule has 0 spiro atoms. The summed E-state index contributed by atoms with van der Waals surface area (Å²) in [6.45, 7) is 2.43. The molecule has 0 saturated carbocycles. The van der Waals surface area contributed by atoms with Crippen LogP contribution in [0, 0.1) is 11.3 Å². The molecule has 34 heavy (non-hydrogen) atoms. The molecule has 11 heteroatoms. The van der Waals surface area contributed by atoms with Crippen molar-refractivity contribution in [2.45, 2.75) is 19.3 Å². The van der Waals surface area contributed by atoms with E-state index in [1.807, 2.05) is 22.8 Å². The third-order valence-corrected chi connectivity index (χ3v) is 4.71. The minimum Gasteiger partial charge on any atom is -0.475 e. The zero-order valence-electron chi connectivity index (χ0n) is 17.6. The monoisotopic (exact) mass is 472 g/mol. The second-order valence-electron chi connectivity index (χ2n) is 7.03. The zero-order chi connectivity index (χ0) is 24.7. The van der Waals surface area contributed by atoms with Crippen molar-refractivity contribution in [3.8, 4) is 17.6 Å². The summed E-state index contributed by atoms with van der Waals surface area (Å²) in [5.41, 5.74) is 2.94. The average Bonchev–Trinajstić information content (AvgIpc) is 3.25. The maximum Gasteiger partial charge on any atom is 0.490 e. The van der Waals surface area contributed by atoms with Crippen molar-refractivity contribution in [3.05, 3.63) is 77.6 Å². The number of aliphatic carboxylic acids is 1. The van der Waals surface area contributed by atoms with Crippen LogP contribution in [0.25, 0.3) is 0 Å². The number of fused-ring (bicyclic) bond motifs is 1. The number of hydrogen-bond acceptors (Lipinski definition) is 5. The number of halogens is 3. The Morgan fingerprint density at radius 3 is 2.41 bits per heavy atom. The lowest BCUT2D eigenvalue weighted by molar-refractivity contribution is -0.192. The normalized spacial score (nSPS) is 12.4. The van der Waals surface area contributed by atoms with Gasteiger partial charge in [0.2, 0.25) is 0 Å². The van der Waals surface area contributed by atoms with Crippen LogP contribution in [-0.4, -0.2) is 34.3 Å². The Morgan fingerprint density at radius 1 is 1.09 bits per heavy atom. The lowest BCUT2D eigenvalue weighted by Crippen LogP contribution is -2.30. The molecule has 2 aromatic carbocycles. The minimum absolute atomic E-state index is 0.133. The van der Waals surface area contributed by atoms with E-state index in [4.69, 9.17) is 19.9 Å². The molecule has 1 amide bonds. The molecule has 8 nitrogen and oxygen atoms in total. The molecule has 0 bridgehead atoms. The summed E-state index contributed by atoms with van der Waals surface area (Å²) in [5, 5.41) is 22.5. The molecule has 176 valence electrons. The SMILES string of the molecule is N#Cc1ccccc1Oc1ccc(NC(=O)c2ccc3n2CCNC3)cc1.O=C(O)C(F)(F)F. The molecule has 0 radical (unpaired) electrons. The van der Waals surface area contributed by atoms with Gasteiger partial charge < -0.3 is 25.0 Å². The molecule has 0 unspecified atom stereocenters. The van der Waals surface area contributed by atoms with Gasteiger partial charge in [0, 0.05) is 31.0 Å². The highest BCUT2D eigenvalue weighted by Crippen LogP contribution is 2.26. The summed E-state index contributed by atoms with van der Waals surface area (Å²) in [7, 11) is 0. The summed E-state index contributed by atoms with van der Waals surface area (Å²) >= 11 is 0. The Kier molecular flexibility index (Phi) is 7.55. The van der Waals surface area contributed by atoms with Gasteiger partial charge in [-0.3, -0.25) is 4.79 Å². The molecule has 1 aliphatic rings. The number of alkyl halides is 3. The van der Waals surface area contributed by atoms with Gasteiger partial charge in [0.15, 0.2) is 0 Å². The third-order valence-electron chi connectivity index (χ3n) is 4.71. The van der Waals surface area contributed by atoms with Crippen molar-refractivity contribution in [3.63, 3.8) is 0 Å². The highest BCUT2D eigenvalue weighted by molar-refractivity contribution is 6.03. The average molecular weight is 472 g/mol. The van der Waals surface area contributed by atoms with E-state index in [1.165, 1.54) is 0 Å². The Hall–Kier alpha value is -4.30. The largest absolute Gasteiger partial charge is 0.490 e. The standard InChI is InChI=1S/C21H18N4O2.C2HF3O2/c22-13-15-3-1-2-4-20(15)27-18-8-5-16(6-9-18)24-21(26)19-10-7-17-14-23-11-12-25(17)19;3-2(4,5)1(6)7/h1-10,23H,11-12,14H2,(H,24,26);(H,6,7). The van der Waals surface area contributed by atoms with Gasteiger partial charge in [-0.1, -0.05) is 12.1 Å². The van der Waals surface area contributed by atoms with Crippen molar-refractivity contribution in [2.75, 3.05) is 11.9 Å². The topological polar surface area (TPSA) is 116 Å². The maximum absolute atomic E-state index is 12.6. The van der Waals surface area contributed by atoms with Gasteiger partial charge in [-0.25, -0.2) is 4.79 Å². The highest BCUT2D eigenvalue weighted by atomic mass is 19.4. The number of para-hydroxylation sites is 1. The molecule has 0 fully saturated rings. The number of carboxylic acids is 1. The van der Waals surface area contributed by atoms with Gasteiger partial charge in [-0.15, -0.1) is 0 Å². The fraction of sp³-hybridized carbons (Fsp3) is 0.174. The number of aromatic nitrogens is 1. The van der Waals surface area contributed by atoms with Crippen molar-refractivity contribution in [1.29, 1.82) is 5.26 Å². The number of carbonyl (C=O) groups excluding carboxylic acids is 1. The van der Waals surface area contributed by atoms with Crippen LogP contribution in [0.4, 0.5) is 18.9 Å². The van der Waals surface area contributed by atoms with Gasteiger partial charge in [0.1, 0.15) is 23.3 Å². The van der Waals surface area contributed by atoms with Crippen LogP contribution in [0.2, 0.25) is 0 Å². The fourth-order valence-corrected chi connectivity index (χ4v) is 3.11. The van der Waals surface area contributed by atoms with E-state index in [0.29, 0.717) is 28.4 Å². The number of amides is 1. The highest BCUT2D eigenvalue weighted by Gasteiger charge is 2.38. The van der Waals surface area contributed by atoms with Gasteiger partial charge >= 0.3 is 12.1 Å². The van der Waals surface area contributed by atoms with E-state index in [2.05, 4.69) is 16.7 Å². The molecular weight excluding hydrogens is 453 g/mol. The van der Waals surface area contributed by atoms with E-state index in [0.717, 1.165) is 25.3 Å². The zero-order valence-corrected chi connectivity index (χ0v) is 17.6. The number of anilines is 1. The summed E-state index contributed by atoms with van der Waals surface area (Å²) < 4.78 is 39.5. The van der Waals surface area contributed by atoms with Crippen molar-refractivity contribution in [2.24, 2.45) is 0 Å². The first-order chi connectivity index (χ1) is 16.2. The smallest absolute Gasteiger partial charge is 0.475 e. The van der Waals surface area contributed by atoms with E-state index in [9.17, 15) is 18.0 Å². The molecule has 4 rings (SSSR count). The number of nitrogens with zero attached hydrogens (tertiary/aromatic N) is 2. The summed E-state index contributed by atoms with van der Waals surface area (Å²) in [5.74, 6) is -1.79. The van der Waals surface area contributed by atoms with Gasteiger partial charge in [0.05, 0.1) is 5.56 Å². The summed E-state index contributed by atoms with van der Waals surface area (Å²) in [4.78, 5) is 21.5. The van der Waals surface area contributed by atoms with Crippen LogP contribution < -0.4 is 15.4 Å². The van der Waals surface area contributed by atoms with E-state index in [1.54, 1.807) is 42.5 Å². The number of hydrogen-bond donors (Lipinski definition) is 3. The van der Waals surface area contributed by atoms with Crippen molar-refractivity contribution in [1.82, 2.24) is 9.88 Å². The van der Waals surface area contributed by atoms with Crippen LogP contribution in [0.3, 0.4) is 0 Å². The Balaban J connectivity index is 0.000000406. The Labute approximate surface area is 192 Å². The quantitative estimate of drug-likeness (QED) is 0.526. The molecule has 3 N–H and O–H groups in total. The Bertz CT molecular complexity index is 1210. The second-order valence-corrected chi connectivity index (χ2v) is 7.03. The molecule has 1 aliphatic heterocycles. The maximum atomic E-state index is 12.6. The van der Waals surface area contributed by atoms with E-state index in [-0.39, 0.29) is 5.91 Å². The number of carbonyl (C=O) groups is 2. The van der Waals surface area contributed by atoms with Crippen molar-refractivity contribution >= 4 is 17.6 Å². The summed E-state index contributed by atoms with van der Waals surface area (Å²) in [6.07, 6.45) is -5.08. The molecule has 3 aromatic rings. The number of ether oxygens (including phenoxy) is 1. The van der Waals surface area contributed by atoms with Gasteiger partial charge in [-0.05, 0) is 48.5 Å². The molecule has 1 aromatic heterocycles.